The number of nitrogens with zero attached hydrogens (tertiary/aromatic N) is 1. The molecular formula is C4H4CrNO4. The van der Waals surface area contributed by atoms with E-state index in [9.17, 15) is 13.4 Å². The normalized spacial score (nSPS) is 18.2. The fraction of sp³-hybridized carbons (Fsp3) is 0.500. The number of imide groups is 1. The first-order valence-electron chi connectivity index (χ1n) is 2.58. The SMILES string of the molecule is [O]=[Cr][O]N1C(=O)CCC1=O. The summed E-state index contributed by atoms with van der Waals surface area (Å²) < 4.78 is 14.1. The van der Waals surface area contributed by atoms with Crippen LogP contribution in [-0.4, -0.2) is 16.9 Å². The van der Waals surface area contributed by atoms with E-state index in [1.54, 1.807) is 0 Å². The fourth-order valence-corrected chi connectivity index (χ4v) is 1.02. The van der Waals surface area contributed by atoms with E-state index in [0.717, 1.165) is 0 Å². The van der Waals surface area contributed by atoms with Crippen molar-refractivity contribution in [3.63, 3.8) is 0 Å². The number of amides is 2. The van der Waals surface area contributed by atoms with Gasteiger partial charge in [0.15, 0.2) is 0 Å². The van der Waals surface area contributed by atoms with E-state index >= 15 is 0 Å². The molecule has 1 saturated heterocycles. The van der Waals surface area contributed by atoms with E-state index < -0.39 is 27.3 Å². The van der Waals surface area contributed by atoms with Crippen molar-refractivity contribution in [3.8, 4) is 0 Å². The zero-order chi connectivity index (χ0) is 7.56. The third-order valence-corrected chi connectivity index (χ3v) is 1.44. The predicted molar refractivity (Wildman–Crippen MR) is 22.9 cm³/mol. The molecule has 10 heavy (non-hydrogen) atoms. The van der Waals surface area contributed by atoms with Gasteiger partial charge in [-0.15, -0.1) is 0 Å². The predicted octanol–water partition coefficient (Wildman–Crippen LogP) is -0.590. The average Bonchev–Trinajstić information content (AvgIpc) is 2.20. The first-order chi connectivity index (χ1) is 4.75. The Morgan fingerprint density at radius 2 is 1.80 bits per heavy atom. The van der Waals surface area contributed by atoms with Crippen LogP contribution in [0.2, 0.25) is 0 Å². The molecule has 55 valence electrons. The van der Waals surface area contributed by atoms with Crippen molar-refractivity contribution in [1.29, 1.82) is 0 Å². The van der Waals surface area contributed by atoms with Crippen LogP contribution in [0.3, 0.4) is 0 Å². The Kier molecular flexibility index (Phi) is 2.27. The summed E-state index contributed by atoms with van der Waals surface area (Å²) in [4.78, 5) is 21.3. The van der Waals surface area contributed by atoms with Crippen LogP contribution >= 0.6 is 0 Å². The summed E-state index contributed by atoms with van der Waals surface area (Å²) in [7, 11) is 0. The van der Waals surface area contributed by atoms with Gasteiger partial charge in [-0.3, -0.25) is 0 Å². The molecule has 5 nitrogen and oxygen atoms in total. The third-order valence-electron chi connectivity index (χ3n) is 1.11. The van der Waals surface area contributed by atoms with E-state index in [2.05, 4.69) is 3.89 Å². The van der Waals surface area contributed by atoms with Gasteiger partial charge < -0.3 is 0 Å². The van der Waals surface area contributed by atoms with E-state index in [-0.39, 0.29) is 12.8 Å². The van der Waals surface area contributed by atoms with Gasteiger partial charge in [0.1, 0.15) is 0 Å². The molecule has 0 radical (unpaired) electrons. The number of hydroxylamine groups is 2. The molecule has 2 amide bonds. The van der Waals surface area contributed by atoms with E-state index in [1.165, 1.54) is 0 Å². The van der Waals surface area contributed by atoms with Crippen LogP contribution in [0.4, 0.5) is 0 Å². The summed E-state index contributed by atoms with van der Waals surface area (Å²) in [5, 5.41) is 0.562. The molecule has 0 aromatic heterocycles. The molecule has 0 aromatic carbocycles. The van der Waals surface area contributed by atoms with Crippen molar-refractivity contribution in [2.45, 2.75) is 12.8 Å². The molecule has 1 heterocycles. The number of hydrogen-bond acceptors (Lipinski definition) is 4. The Labute approximate surface area is 63.1 Å². The Morgan fingerprint density at radius 3 is 2.20 bits per heavy atom. The average molecular weight is 182 g/mol. The molecule has 0 N–H and O–H groups in total. The second-order valence-corrected chi connectivity index (χ2v) is 2.17. The van der Waals surface area contributed by atoms with Gasteiger partial charge in [-0.25, -0.2) is 0 Å². The summed E-state index contributed by atoms with van der Waals surface area (Å²) in [5.41, 5.74) is 0. The molecule has 0 aliphatic carbocycles. The number of carbonyl (C=O) groups is 2. The van der Waals surface area contributed by atoms with Crippen molar-refractivity contribution < 1.29 is 32.8 Å². The van der Waals surface area contributed by atoms with Crippen LogP contribution in [0.1, 0.15) is 12.8 Å². The first-order valence-corrected chi connectivity index (χ1v) is 3.62. The van der Waals surface area contributed by atoms with Crippen molar-refractivity contribution in [1.82, 2.24) is 5.06 Å². The molecule has 1 fully saturated rings. The standard InChI is InChI=1S/C4H4NO3.Cr.O/c6-3-1-2-4(7)5(3)8;;/h1-2H2;;/q-1;+1;. The number of hydrogen-bond donors (Lipinski definition) is 0. The van der Waals surface area contributed by atoms with E-state index in [1.807, 2.05) is 0 Å². The molecule has 1 aliphatic heterocycles. The van der Waals surface area contributed by atoms with Crippen molar-refractivity contribution in [2.24, 2.45) is 0 Å². The van der Waals surface area contributed by atoms with Crippen LogP contribution < -0.4 is 0 Å². The van der Waals surface area contributed by atoms with Crippen molar-refractivity contribution >= 4 is 11.8 Å². The summed E-state index contributed by atoms with van der Waals surface area (Å²) in [6, 6.07) is 0. The Morgan fingerprint density at radius 1 is 1.30 bits per heavy atom. The molecule has 0 saturated carbocycles. The maximum absolute atomic E-state index is 10.6. The van der Waals surface area contributed by atoms with Crippen LogP contribution in [0, 0.1) is 0 Å². The molecule has 0 bridgehead atoms. The zero-order valence-corrected chi connectivity index (χ0v) is 6.18. The second-order valence-electron chi connectivity index (χ2n) is 1.72. The fourth-order valence-electron chi connectivity index (χ4n) is 0.670. The quantitative estimate of drug-likeness (QED) is 0.535. The molecule has 1 rings (SSSR count). The summed E-state index contributed by atoms with van der Waals surface area (Å²) >= 11 is -1.37. The van der Waals surface area contributed by atoms with E-state index in [0.29, 0.717) is 5.06 Å². The van der Waals surface area contributed by atoms with Gasteiger partial charge in [0.2, 0.25) is 0 Å². The van der Waals surface area contributed by atoms with Gasteiger partial charge in [-0.1, -0.05) is 0 Å². The molecule has 6 heteroatoms. The Bertz CT molecular complexity index is 176. The monoisotopic (exact) mass is 182 g/mol. The Balaban J connectivity index is 2.62. The first kappa shape index (κ1) is 7.54. The van der Waals surface area contributed by atoms with Crippen LogP contribution in [0.25, 0.3) is 0 Å². The van der Waals surface area contributed by atoms with Gasteiger partial charge in [-0.2, -0.15) is 0 Å². The van der Waals surface area contributed by atoms with Gasteiger partial charge in [0, 0.05) is 0 Å². The summed E-state index contributed by atoms with van der Waals surface area (Å²) in [6.07, 6.45) is 0.323. The molecule has 1 aliphatic rings. The van der Waals surface area contributed by atoms with Gasteiger partial charge in [-0.05, 0) is 0 Å². The van der Waals surface area contributed by atoms with Crippen LogP contribution in [-0.2, 0) is 32.8 Å². The van der Waals surface area contributed by atoms with Crippen LogP contribution in [0.5, 0.6) is 0 Å². The van der Waals surface area contributed by atoms with Crippen molar-refractivity contribution in [2.75, 3.05) is 0 Å². The van der Waals surface area contributed by atoms with Gasteiger partial charge in [0.25, 0.3) is 0 Å². The van der Waals surface area contributed by atoms with Crippen LogP contribution in [0.15, 0.2) is 0 Å². The zero-order valence-electron chi connectivity index (χ0n) is 4.90. The molecule has 0 unspecified atom stereocenters. The minimum absolute atomic E-state index is 0.162. The molecule has 0 aromatic rings. The second kappa shape index (κ2) is 3.01. The van der Waals surface area contributed by atoms with E-state index in [4.69, 9.17) is 0 Å². The van der Waals surface area contributed by atoms with Gasteiger partial charge in [0.05, 0.1) is 0 Å². The maximum atomic E-state index is 10.6. The summed E-state index contributed by atoms with van der Waals surface area (Å²) in [5.74, 6) is -0.828. The number of rotatable bonds is 2. The van der Waals surface area contributed by atoms with Crippen molar-refractivity contribution in [3.05, 3.63) is 0 Å². The Hall–Kier alpha value is -0.568. The molecule has 0 spiro atoms. The molecule has 0 atom stereocenters. The summed E-state index contributed by atoms with van der Waals surface area (Å²) in [6.45, 7) is 0. The topological polar surface area (TPSA) is 63.7 Å². The number of carbonyl (C=O) groups excluding carboxylic acids is 2. The minimum atomic E-state index is -1.37. The third kappa shape index (κ3) is 1.29. The molecular weight excluding hydrogens is 178 g/mol. The van der Waals surface area contributed by atoms with Gasteiger partial charge >= 0.3 is 62.5 Å².